The van der Waals surface area contributed by atoms with Gasteiger partial charge in [0.2, 0.25) is 0 Å². The first-order valence-electron chi connectivity index (χ1n) is 3.70. The first kappa shape index (κ1) is 8.27. The van der Waals surface area contributed by atoms with Crippen molar-refractivity contribution in [3.63, 3.8) is 0 Å². The highest BCUT2D eigenvalue weighted by Crippen LogP contribution is 2.20. The molecule has 0 heterocycles. The second-order valence-corrected chi connectivity index (χ2v) is 3.03. The predicted molar refractivity (Wildman–Crippen MR) is 42.0 cm³/mol. The van der Waals surface area contributed by atoms with Crippen molar-refractivity contribution in [3.05, 3.63) is 11.8 Å². The highest BCUT2D eigenvalue weighted by atomic mass is 16.3. The van der Waals surface area contributed by atoms with Crippen LogP contribution in [-0.4, -0.2) is 36.0 Å². The van der Waals surface area contributed by atoms with Crippen molar-refractivity contribution >= 4 is 5.78 Å². The van der Waals surface area contributed by atoms with Crippen molar-refractivity contribution < 1.29 is 9.90 Å². The molecule has 0 aliphatic heterocycles. The molecule has 1 rings (SSSR count). The van der Waals surface area contributed by atoms with Crippen LogP contribution in [0.1, 0.15) is 12.8 Å². The van der Waals surface area contributed by atoms with Crippen LogP contribution in [0.25, 0.3) is 0 Å². The number of hydrogen-bond acceptors (Lipinski definition) is 3. The van der Waals surface area contributed by atoms with Gasteiger partial charge in [0.25, 0.3) is 0 Å². The highest BCUT2D eigenvalue weighted by Gasteiger charge is 2.26. The molecule has 3 heteroatoms. The Morgan fingerprint density at radius 1 is 1.64 bits per heavy atom. The lowest BCUT2D eigenvalue weighted by Gasteiger charge is -2.08. The lowest BCUT2D eigenvalue weighted by atomic mass is 10.2. The molecule has 62 valence electrons. The van der Waals surface area contributed by atoms with E-state index in [1.54, 1.807) is 11.1 Å². The number of carbonyl (C=O) groups is 1. The standard InChI is InChI=1S/C8H13NO2/c1-9(2)5-6-7(10)3-4-8(6)11/h5,7,10H,3-4H2,1-2H3. The molecule has 0 saturated heterocycles. The van der Waals surface area contributed by atoms with Crippen molar-refractivity contribution in [2.45, 2.75) is 18.9 Å². The van der Waals surface area contributed by atoms with E-state index < -0.39 is 6.10 Å². The van der Waals surface area contributed by atoms with Gasteiger partial charge in [0.15, 0.2) is 5.78 Å². The summed E-state index contributed by atoms with van der Waals surface area (Å²) in [5, 5.41) is 9.29. The number of Topliss-reactive ketones (excluding diaryl/α,β-unsaturated/α-hetero) is 1. The third-order valence-electron chi connectivity index (χ3n) is 1.72. The van der Waals surface area contributed by atoms with Crippen LogP contribution in [0.4, 0.5) is 0 Å². The average Bonchev–Trinajstić information content (AvgIpc) is 2.18. The van der Waals surface area contributed by atoms with Gasteiger partial charge in [-0.1, -0.05) is 0 Å². The molecule has 11 heavy (non-hydrogen) atoms. The Morgan fingerprint density at radius 3 is 2.64 bits per heavy atom. The fraction of sp³-hybridized carbons (Fsp3) is 0.625. The minimum Gasteiger partial charge on any atom is -0.388 e. The molecular weight excluding hydrogens is 142 g/mol. The van der Waals surface area contributed by atoms with E-state index in [0.29, 0.717) is 18.4 Å². The van der Waals surface area contributed by atoms with Gasteiger partial charge in [-0.2, -0.15) is 0 Å². The van der Waals surface area contributed by atoms with Crippen LogP contribution in [0, 0.1) is 0 Å². The van der Waals surface area contributed by atoms with E-state index in [-0.39, 0.29) is 5.78 Å². The molecule has 1 fully saturated rings. The molecule has 0 aromatic heterocycles. The van der Waals surface area contributed by atoms with Crippen molar-refractivity contribution in [1.29, 1.82) is 0 Å². The largest absolute Gasteiger partial charge is 0.388 e. The highest BCUT2D eigenvalue weighted by molar-refractivity contribution is 5.98. The minimum atomic E-state index is -0.537. The Labute approximate surface area is 66.3 Å². The van der Waals surface area contributed by atoms with Crippen LogP contribution in [0.3, 0.4) is 0 Å². The van der Waals surface area contributed by atoms with Gasteiger partial charge in [0.1, 0.15) is 0 Å². The van der Waals surface area contributed by atoms with Crippen LogP contribution in [-0.2, 0) is 4.79 Å². The van der Waals surface area contributed by atoms with E-state index in [0.717, 1.165) is 0 Å². The molecule has 0 amide bonds. The van der Waals surface area contributed by atoms with Crippen molar-refractivity contribution in [2.24, 2.45) is 0 Å². The van der Waals surface area contributed by atoms with Crippen molar-refractivity contribution in [3.8, 4) is 0 Å². The molecule has 0 radical (unpaired) electrons. The molecular formula is C8H13NO2. The molecule has 0 aromatic rings. The maximum atomic E-state index is 11.1. The van der Waals surface area contributed by atoms with E-state index >= 15 is 0 Å². The molecule has 1 unspecified atom stereocenters. The van der Waals surface area contributed by atoms with Gasteiger partial charge in [-0.15, -0.1) is 0 Å². The summed E-state index contributed by atoms with van der Waals surface area (Å²) in [6.45, 7) is 0. The normalized spacial score (nSPS) is 28.1. The number of ketones is 1. The summed E-state index contributed by atoms with van der Waals surface area (Å²) >= 11 is 0. The van der Waals surface area contributed by atoms with Gasteiger partial charge in [-0.3, -0.25) is 4.79 Å². The topological polar surface area (TPSA) is 40.5 Å². The first-order valence-corrected chi connectivity index (χ1v) is 3.70. The summed E-state index contributed by atoms with van der Waals surface area (Å²) < 4.78 is 0. The molecule has 3 nitrogen and oxygen atoms in total. The summed E-state index contributed by atoms with van der Waals surface area (Å²) in [5.74, 6) is 0.0752. The monoisotopic (exact) mass is 155 g/mol. The molecule has 0 bridgehead atoms. The fourth-order valence-electron chi connectivity index (χ4n) is 1.19. The zero-order valence-corrected chi connectivity index (χ0v) is 6.87. The summed E-state index contributed by atoms with van der Waals surface area (Å²) in [6, 6.07) is 0. The van der Waals surface area contributed by atoms with Gasteiger partial charge >= 0.3 is 0 Å². The second-order valence-electron chi connectivity index (χ2n) is 3.03. The van der Waals surface area contributed by atoms with Crippen LogP contribution in [0.15, 0.2) is 11.8 Å². The lowest BCUT2D eigenvalue weighted by molar-refractivity contribution is -0.114. The fourth-order valence-corrected chi connectivity index (χ4v) is 1.19. The summed E-state index contributed by atoms with van der Waals surface area (Å²) in [6.07, 6.45) is 2.23. The van der Waals surface area contributed by atoms with Gasteiger partial charge in [0, 0.05) is 32.3 Å². The van der Waals surface area contributed by atoms with Gasteiger partial charge < -0.3 is 10.0 Å². The van der Waals surface area contributed by atoms with E-state index in [4.69, 9.17) is 0 Å². The number of aliphatic hydroxyl groups excluding tert-OH is 1. The smallest absolute Gasteiger partial charge is 0.163 e. The zero-order valence-electron chi connectivity index (χ0n) is 6.87. The first-order chi connectivity index (χ1) is 5.11. The summed E-state index contributed by atoms with van der Waals surface area (Å²) in [7, 11) is 3.68. The number of rotatable bonds is 1. The van der Waals surface area contributed by atoms with E-state index in [1.807, 2.05) is 14.1 Å². The quantitative estimate of drug-likeness (QED) is 0.548. The van der Waals surface area contributed by atoms with Crippen molar-refractivity contribution in [2.75, 3.05) is 14.1 Å². The van der Waals surface area contributed by atoms with Crippen LogP contribution < -0.4 is 0 Å². The van der Waals surface area contributed by atoms with E-state index in [1.165, 1.54) is 0 Å². The number of nitrogens with zero attached hydrogens (tertiary/aromatic N) is 1. The molecule has 1 saturated carbocycles. The zero-order chi connectivity index (χ0) is 8.43. The van der Waals surface area contributed by atoms with Crippen LogP contribution in [0.2, 0.25) is 0 Å². The molecule has 1 aliphatic rings. The number of carbonyl (C=O) groups excluding carboxylic acids is 1. The summed E-state index contributed by atoms with van der Waals surface area (Å²) in [5.41, 5.74) is 0.551. The molecule has 1 N–H and O–H groups in total. The Morgan fingerprint density at radius 2 is 2.27 bits per heavy atom. The Hall–Kier alpha value is -0.830. The SMILES string of the molecule is CN(C)C=C1C(=O)CCC1O. The molecule has 0 aromatic carbocycles. The number of aliphatic hydroxyl groups is 1. The maximum Gasteiger partial charge on any atom is 0.163 e. The Balaban J connectivity index is 2.76. The minimum absolute atomic E-state index is 0.0752. The molecule has 0 spiro atoms. The molecule has 1 aliphatic carbocycles. The molecule has 1 atom stereocenters. The predicted octanol–water partition coefficient (Wildman–Crippen LogP) is 0.156. The Kier molecular flexibility index (Phi) is 2.29. The number of hydrogen-bond donors (Lipinski definition) is 1. The third kappa shape index (κ3) is 1.80. The second kappa shape index (κ2) is 3.05. The van der Waals surface area contributed by atoms with Gasteiger partial charge in [-0.05, 0) is 6.42 Å². The van der Waals surface area contributed by atoms with Crippen LogP contribution >= 0.6 is 0 Å². The van der Waals surface area contributed by atoms with Gasteiger partial charge in [0.05, 0.1) is 6.10 Å². The Bertz CT molecular complexity index is 196. The maximum absolute atomic E-state index is 11.1. The van der Waals surface area contributed by atoms with Gasteiger partial charge in [-0.25, -0.2) is 0 Å². The van der Waals surface area contributed by atoms with E-state index in [9.17, 15) is 9.90 Å². The lowest BCUT2D eigenvalue weighted by Crippen LogP contribution is -2.12. The van der Waals surface area contributed by atoms with Crippen LogP contribution in [0.5, 0.6) is 0 Å². The third-order valence-corrected chi connectivity index (χ3v) is 1.72. The summed E-state index contributed by atoms with van der Waals surface area (Å²) in [4.78, 5) is 12.8. The van der Waals surface area contributed by atoms with Crippen molar-refractivity contribution in [1.82, 2.24) is 4.90 Å². The van der Waals surface area contributed by atoms with E-state index in [2.05, 4.69) is 0 Å². The average molecular weight is 155 g/mol.